The molecular formula is C26H23ClN2O6. The van der Waals surface area contributed by atoms with Gasteiger partial charge in [-0.05, 0) is 36.4 Å². The number of ether oxygens (including phenoxy) is 3. The van der Waals surface area contributed by atoms with Crippen LogP contribution in [0.25, 0.3) is 0 Å². The van der Waals surface area contributed by atoms with Crippen molar-refractivity contribution in [2.24, 2.45) is 5.92 Å². The first-order valence-electron chi connectivity index (χ1n) is 10.9. The maximum atomic E-state index is 13.8. The standard InChI is InChI=1S/C26H23ClN2O6/c1-32-19-14-21(34-3)20(33-2)13-18(19)23-22-24(35-29(23)16-9-5-4-6-10-16)26(31)28(25(22)30)17-11-7-8-15(27)12-17/h4-14,22-24H,1-3H3/t22-,23+,24+/m1/s1. The van der Waals surface area contributed by atoms with E-state index in [4.69, 9.17) is 30.6 Å². The van der Waals surface area contributed by atoms with Crippen LogP contribution in [0.2, 0.25) is 5.02 Å². The normalized spacial score (nSPS) is 21.3. The van der Waals surface area contributed by atoms with Gasteiger partial charge in [-0.3, -0.25) is 14.4 Å². The Kier molecular flexibility index (Phi) is 6.00. The molecule has 2 amide bonds. The van der Waals surface area contributed by atoms with Crippen LogP contribution in [0.4, 0.5) is 11.4 Å². The molecule has 2 saturated heterocycles. The summed E-state index contributed by atoms with van der Waals surface area (Å²) in [4.78, 5) is 34.6. The number of carbonyl (C=O) groups is 2. The lowest BCUT2D eigenvalue weighted by Gasteiger charge is -2.30. The van der Waals surface area contributed by atoms with Gasteiger partial charge in [0.15, 0.2) is 17.6 Å². The van der Waals surface area contributed by atoms with Crippen LogP contribution in [-0.4, -0.2) is 39.2 Å². The minimum Gasteiger partial charge on any atom is -0.496 e. The van der Waals surface area contributed by atoms with Crippen molar-refractivity contribution in [1.29, 1.82) is 0 Å². The van der Waals surface area contributed by atoms with Gasteiger partial charge in [-0.15, -0.1) is 0 Å². The molecule has 5 rings (SSSR count). The molecule has 2 heterocycles. The predicted molar refractivity (Wildman–Crippen MR) is 130 cm³/mol. The highest BCUT2D eigenvalue weighted by molar-refractivity contribution is 6.31. The number of imide groups is 1. The minimum atomic E-state index is -1.02. The van der Waals surface area contributed by atoms with Crippen LogP contribution in [0.5, 0.6) is 17.2 Å². The SMILES string of the molecule is COc1cc(OC)c([C@H]2[C@H]3C(=O)N(c4cccc(Cl)c4)C(=O)[C@H]3ON2c2ccccc2)cc1OC. The molecule has 9 heteroatoms. The van der Waals surface area contributed by atoms with E-state index in [1.54, 1.807) is 41.5 Å². The van der Waals surface area contributed by atoms with Gasteiger partial charge in [-0.25, -0.2) is 9.96 Å². The molecular weight excluding hydrogens is 472 g/mol. The fourth-order valence-electron chi connectivity index (χ4n) is 4.68. The van der Waals surface area contributed by atoms with Crippen LogP contribution in [0, 0.1) is 5.92 Å². The molecule has 2 fully saturated rings. The highest BCUT2D eigenvalue weighted by atomic mass is 35.5. The molecule has 3 aromatic carbocycles. The fraction of sp³-hybridized carbons (Fsp3) is 0.231. The molecule has 0 aromatic heterocycles. The second-order valence-corrected chi connectivity index (χ2v) is 8.54. The lowest BCUT2D eigenvalue weighted by Crippen LogP contribution is -2.37. The largest absolute Gasteiger partial charge is 0.496 e. The maximum absolute atomic E-state index is 13.8. The molecule has 0 saturated carbocycles. The number of hydroxylamine groups is 1. The summed E-state index contributed by atoms with van der Waals surface area (Å²) in [5.74, 6) is -0.270. The molecule has 0 bridgehead atoms. The molecule has 0 N–H and O–H groups in total. The third-order valence-corrected chi connectivity index (χ3v) is 6.48. The van der Waals surface area contributed by atoms with Crippen LogP contribution in [0.1, 0.15) is 11.6 Å². The van der Waals surface area contributed by atoms with Gasteiger partial charge in [-0.2, -0.15) is 0 Å². The molecule has 8 nitrogen and oxygen atoms in total. The number of para-hydroxylation sites is 1. The van der Waals surface area contributed by atoms with Crippen LogP contribution in [0.3, 0.4) is 0 Å². The van der Waals surface area contributed by atoms with Crippen LogP contribution < -0.4 is 24.2 Å². The van der Waals surface area contributed by atoms with Crippen molar-refractivity contribution >= 4 is 34.8 Å². The number of anilines is 2. The highest BCUT2D eigenvalue weighted by Gasteiger charge is 2.61. The lowest BCUT2D eigenvalue weighted by atomic mass is 9.89. The van der Waals surface area contributed by atoms with Crippen molar-refractivity contribution < 1.29 is 28.6 Å². The molecule has 2 aliphatic heterocycles. The molecule has 0 aliphatic carbocycles. The highest BCUT2D eigenvalue weighted by Crippen LogP contribution is 2.51. The molecule has 0 unspecified atom stereocenters. The van der Waals surface area contributed by atoms with Crippen LogP contribution >= 0.6 is 11.6 Å². The topological polar surface area (TPSA) is 77.5 Å². The lowest BCUT2D eigenvalue weighted by molar-refractivity contribution is -0.126. The van der Waals surface area contributed by atoms with E-state index in [0.717, 1.165) is 4.90 Å². The molecule has 3 aromatic rings. The minimum absolute atomic E-state index is 0.387. The summed E-state index contributed by atoms with van der Waals surface area (Å²) in [5.41, 5.74) is 1.71. The second kappa shape index (κ2) is 9.13. The summed E-state index contributed by atoms with van der Waals surface area (Å²) in [6.07, 6.45) is -1.02. The maximum Gasteiger partial charge on any atom is 0.266 e. The van der Waals surface area contributed by atoms with Crippen molar-refractivity contribution in [2.45, 2.75) is 12.1 Å². The first kappa shape index (κ1) is 23.0. The number of nitrogens with zero attached hydrogens (tertiary/aromatic N) is 2. The number of fused-ring (bicyclic) bond motifs is 1. The summed E-state index contributed by atoms with van der Waals surface area (Å²) in [5, 5.41) is 2.02. The zero-order chi connectivity index (χ0) is 24.7. The van der Waals surface area contributed by atoms with E-state index in [1.165, 1.54) is 21.3 Å². The Hall–Kier alpha value is -3.75. The Bertz CT molecular complexity index is 1280. The third kappa shape index (κ3) is 3.75. The van der Waals surface area contributed by atoms with Crippen molar-refractivity contribution in [3.05, 3.63) is 77.3 Å². The van der Waals surface area contributed by atoms with E-state index < -0.39 is 24.0 Å². The van der Waals surface area contributed by atoms with Gasteiger partial charge in [0.1, 0.15) is 17.7 Å². The van der Waals surface area contributed by atoms with E-state index in [1.807, 2.05) is 30.3 Å². The Balaban J connectivity index is 1.66. The number of amides is 2. The Morgan fingerprint density at radius 2 is 1.43 bits per heavy atom. The number of methoxy groups -OCH3 is 3. The number of carbonyl (C=O) groups excluding carboxylic acids is 2. The summed E-state index contributed by atoms with van der Waals surface area (Å²) < 4.78 is 16.6. The van der Waals surface area contributed by atoms with Crippen molar-refractivity contribution in [1.82, 2.24) is 0 Å². The summed E-state index contributed by atoms with van der Waals surface area (Å²) in [7, 11) is 4.59. The molecule has 35 heavy (non-hydrogen) atoms. The monoisotopic (exact) mass is 494 g/mol. The smallest absolute Gasteiger partial charge is 0.266 e. The van der Waals surface area contributed by atoms with Gasteiger partial charge in [0.05, 0.1) is 32.7 Å². The van der Waals surface area contributed by atoms with Gasteiger partial charge in [-0.1, -0.05) is 35.9 Å². The molecule has 2 aliphatic rings. The second-order valence-electron chi connectivity index (χ2n) is 8.10. The summed E-state index contributed by atoms with van der Waals surface area (Å²) in [6.45, 7) is 0. The summed E-state index contributed by atoms with van der Waals surface area (Å²) in [6, 6.07) is 18.7. The number of hydrogen-bond acceptors (Lipinski definition) is 7. The number of hydrogen-bond donors (Lipinski definition) is 0. The Labute approximate surface area is 207 Å². The Morgan fingerprint density at radius 1 is 0.771 bits per heavy atom. The number of rotatable bonds is 6. The van der Waals surface area contributed by atoms with E-state index >= 15 is 0 Å². The average Bonchev–Trinajstić information content (AvgIpc) is 3.39. The predicted octanol–water partition coefficient (Wildman–Crippen LogP) is 4.42. The molecule has 0 radical (unpaired) electrons. The van der Waals surface area contributed by atoms with Gasteiger partial charge < -0.3 is 14.2 Å². The van der Waals surface area contributed by atoms with Crippen LogP contribution in [-0.2, 0) is 14.4 Å². The van der Waals surface area contributed by atoms with Crippen LogP contribution in [0.15, 0.2) is 66.7 Å². The van der Waals surface area contributed by atoms with Gasteiger partial charge in [0, 0.05) is 16.7 Å². The van der Waals surface area contributed by atoms with Crippen molar-refractivity contribution in [2.75, 3.05) is 31.3 Å². The van der Waals surface area contributed by atoms with Gasteiger partial charge in [0.2, 0.25) is 5.91 Å². The molecule has 180 valence electrons. The van der Waals surface area contributed by atoms with E-state index in [-0.39, 0.29) is 5.91 Å². The van der Waals surface area contributed by atoms with E-state index in [9.17, 15) is 9.59 Å². The van der Waals surface area contributed by atoms with E-state index in [0.29, 0.717) is 39.2 Å². The first-order valence-corrected chi connectivity index (χ1v) is 11.3. The summed E-state index contributed by atoms with van der Waals surface area (Å²) >= 11 is 6.14. The number of halogens is 1. The Morgan fingerprint density at radius 3 is 2.09 bits per heavy atom. The number of benzene rings is 3. The quantitative estimate of drug-likeness (QED) is 0.469. The van der Waals surface area contributed by atoms with E-state index in [2.05, 4.69) is 0 Å². The molecule has 3 atom stereocenters. The van der Waals surface area contributed by atoms with Crippen molar-refractivity contribution in [3.63, 3.8) is 0 Å². The average molecular weight is 495 g/mol. The molecule has 0 spiro atoms. The fourth-order valence-corrected chi connectivity index (χ4v) is 4.87. The van der Waals surface area contributed by atoms with Gasteiger partial charge in [0.25, 0.3) is 5.91 Å². The zero-order valence-corrected chi connectivity index (χ0v) is 20.1. The van der Waals surface area contributed by atoms with Crippen molar-refractivity contribution in [3.8, 4) is 17.2 Å². The first-order chi connectivity index (χ1) is 17.0. The zero-order valence-electron chi connectivity index (χ0n) is 19.3. The third-order valence-electron chi connectivity index (χ3n) is 6.25. The van der Waals surface area contributed by atoms with Gasteiger partial charge >= 0.3 is 0 Å².